The van der Waals surface area contributed by atoms with E-state index in [4.69, 9.17) is 5.26 Å². The van der Waals surface area contributed by atoms with Crippen LogP contribution in [0.5, 0.6) is 0 Å². The Labute approximate surface area is 122 Å². The molecule has 1 aromatic carbocycles. The third kappa shape index (κ3) is 5.98. The van der Waals surface area contributed by atoms with Crippen LogP contribution in [0.25, 0.3) is 0 Å². The summed E-state index contributed by atoms with van der Waals surface area (Å²) in [5.74, 6) is 1.33. The Balaban J connectivity index is 2.36. The summed E-state index contributed by atoms with van der Waals surface area (Å²) in [4.78, 5) is 11.7. The van der Waals surface area contributed by atoms with Crippen LogP contribution in [0.1, 0.15) is 32.3 Å². The fourth-order valence-corrected chi connectivity index (χ4v) is 3.03. The number of hydrogen-bond acceptors (Lipinski definition) is 3. The predicted molar refractivity (Wildman–Crippen MR) is 81.7 cm³/mol. The lowest BCUT2D eigenvalue weighted by Gasteiger charge is -2.08. The Morgan fingerprint density at radius 1 is 1.40 bits per heavy atom. The van der Waals surface area contributed by atoms with Crippen molar-refractivity contribution in [3.8, 4) is 6.07 Å². The molecule has 4 nitrogen and oxygen atoms in total. The molecule has 0 bridgehead atoms. The molecule has 108 valence electrons. The zero-order chi connectivity index (χ0) is 15.0. The topological polar surface area (TPSA) is 70.0 Å². The minimum atomic E-state index is -0.938. The van der Waals surface area contributed by atoms with Crippen LogP contribution in [0.15, 0.2) is 24.3 Å². The zero-order valence-corrected chi connectivity index (χ0v) is 12.7. The molecule has 0 aliphatic carbocycles. The van der Waals surface area contributed by atoms with Crippen LogP contribution in [0.4, 0.5) is 5.69 Å². The second-order valence-electron chi connectivity index (χ2n) is 4.81. The van der Waals surface area contributed by atoms with Crippen molar-refractivity contribution in [3.63, 3.8) is 0 Å². The Hall–Kier alpha value is -1.67. The van der Waals surface area contributed by atoms with Gasteiger partial charge in [-0.3, -0.25) is 9.00 Å². The van der Waals surface area contributed by atoms with Crippen molar-refractivity contribution in [1.29, 1.82) is 5.26 Å². The van der Waals surface area contributed by atoms with Crippen molar-refractivity contribution in [3.05, 3.63) is 29.8 Å². The Morgan fingerprint density at radius 3 is 2.60 bits per heavy atom. The lowest BCUT2D eigenvalue weighted by molar-refractivity contribution is -0.115. The Kier molecular flexibility index (Phi) is 6.96. The molecule has 0 radical (unpaired) electrons. The average Bonchev–Trinajstić information content (AvgIpc) is 2.45. The van der Waals surface area contributed by atoms with Gasteiger partial charge in [-0.25, -0.2) is 0 Å². The molecule has 0 saturated heterocycles. The first-order valence-electron chi connectivity index (χ1n) is 6.70. The monoisotopic (exact) mass is 292 g/mol. The van der Waals surface area contributed by atoms with E-state index < -0.39 is 10.8 Å². The molecule has 2 unspecified atom stereocenters. The highest BCUT2D eigenvalue weighted by Gasteiger charge is 2.09. The maximum Gasteiger partial charge on any atom is 0.225 e. The second-order valence-corrected chi connectivity index (χ2v) is 6.43. The first-order chi connectivity index (χ1) is 9.55. The van der Waals surface area contributed by atoms with Gasteiger partial charge in [-0.05, 0) is 30.2 Å². The summed E-state index contributed by atoms with van der Waals surface area (Å²) in [6.45, 7) is 4.13. The molecule has 0 spiro atoms. The molecular formula is C15H20N2O2S. The lowest BCUT2D eigenvalue weighted by Crippen LogP contribution is -2.17. The summed E-state index contributed by atoms with van der Waals surface area (Å²) in [6, 6.07) is 8.69. The molecule has 0 aliphatic rings. The quantitative estimate of drug-likeness (QED) is 0.840. The van der Waals surface area contributed by atoms with Crippen molar-refractivity contribution < 1.29 is 9.00 Å². The van der Waals surface area contributed by atoms with Crippen LogP contribution in [-0.2, 0) is 15.6 Å². The number of rotatable bonds is 7. The van der Waals surface area contributed by atoms with Crippen LogP contribution in [-0.4, -0.2) is 21.6 Å². The highest BCUT2D eigenvalue weighted by molar-refractivity contribution is 7.85. The molecule has 1 aromatic rings. The molecule has 2 atom stereocenters. The summed E-state index contributed by atoms with van der Waals surface area (Å²) in [6.07, 6.45) is 1.26. The van der Waals surface area contributed by atoms with Crippen molar-refractivity contribution in [2.45, 2.75) is 26.7 Å². The van der Waals surface area contributed by atoms with Crippen molar-refractivity contribution in [2.75, 3.05) is 16.8 Å². The Bertz CT molecular complexity index is 506. The van der Waals surface area contributed by atoms with Crippen LogP contribution in [0.3, 0.4) is 0 Å². The molecule has 1 amide bonds. The van der Waals surface area contributed by atoms with Gasteiger partial charge in [-0.15, -0.1) is 0 Å². The molecular weight excluding hydrogens is 272 g/mol. The van der Waals surface area contributed by atoms with E-state index >= 15 is 0 Å². The lowest BCUT2D eigenvalue weighted by atomic mass is 10.2. The van der Waals surface area contributed by atoms with Crippen molar-refractivity contribution in [2.24, 2.45) is 5.92 Å². The van der Waals surface area contributed by atoms with Crippen LogP contribution in [0, 0.1) is 17.2 Å². The van der Waals surface area contributed by atoms with Gasteiger partial charge in [0, 0.05) is 34.4 Å². The van der Waals surface area contributed by atoms with Gasteiger partial charge in [-0.2, -0.15) is 5.26 Å². The van der Waals surface area contributed by atoms with E-state index in [1.54, 1.807) is 24.3 Å². The maximum atomic E-state index is 11.7. The molecule has 0 heterocycles. The number of nitrogens with one attached hydrogen (secondary N) is 1. The highest BCUT2D eigenvalue weighted by atomic mass is 32.2. The average molecular weight is 292 g/mol. The van der Waals surface area contributed by atoms with Gasteiger partial charge in [0.2, 0.25) is 5.91 Å². The van der Waals surface area contributed by atoms with Crippen molar-refractivity contribution >= 4 is 22.4 Å². The second kappa shape index (κ2) is 8.49. The van der Waals surface area contributed by atoms with Gasteiger partial charge < -0.3 is 5.32 Å². The van der Waals surface area contributed by atoms with Crippen LogP contribution < -0.4 is 5.32 Å². The number of amides is 1. The summed E-state index contributed by atoms with van der Waals surface area (Å²) in [7, 11) is -0.938. The molecule has 0 aromatic heterocycles. The number of nitriles is 1. The van der Waals surface area contributed by atoms with Gasteiger partial charge in [0.05, 0.1) is 11.6 Å². The van der Waals surface area contributed by atoms with Gasteiger partial charge in [-0.1, -0.05) is 20.3 Å². The number of anilines is 1. The van der Waals surface area contributed by atoms with Crippen LogP contribution in [0.2, 0.25) is 0 Å². The number of benzene rings is 1. The number of carbonyl (C=O) groups excluding carboxylic acids is 1. The summed E-state index contributed by atoms with van der Waals surface area (Å²) < 4.78 is 11.7. The van der Waals surface area contributed by atoms with E-state index in [2.05, 4.69) is 19.2 Å². The summed E-state index contributed by atoms with van der Waals surface area (Å²) in [5, 5.41) is 11.4. The summed E-state index contributed by atoms with van der Waals surface area (Å²) in [5.41, 5.74) is 1.21. The van der Waals surface area contributed by atoms with E-state index in [-0.39, 0.29) is 12.3 Å². The third-order valence-electron chi connectivity index (χ3n) is 3.02. The fraction of sp³-hybridized carbons (Fsp3) is 0.467. The van der Waals surface area contributed by atoms with E-state index in [0.717, 1.165) is 6.42 Å². The van der Waals surface area contributed by atoms with Gasteiger partial charge >= 0.3 is 0 Å². The Morgan fingerprint density at radius 2 is 2.05 bits per heavy atom. The molecule has 0 aliphatic heterocycles. The van der Waals surface area contributed by atoms with Gasteiger partial charge in [0.15, 0.2) is 0 Å². The largest absolute Gasteiger partial charge is 0.326 e. The molecule has 0 saturated carbocycles. The van der Waals surface area contributed by atoms with E-state index in [1.807, 2.05) is 6.07 Å². The molecule has 5 heteroatoms. The normalized spacial score (nSPS) is 13.2. The highest BCUT2D eigenvalue weighted by Crippen LogP contribution is 2.09. The minimum absolute atomic E-state index is 0.146. The number of hydrogen-bond donors (Lipinski definition) is 1. The molecule has 20 heavy (non-hydrogen) atoms. The molecule has 1 N–H and O–H groups in total. The minimum Gasteiger partial charge on any atom is -0.326 e. The maximum absolute atomic E-state index is 11.7. The molecule has 1 rings (SSSR count). The number of nitrogens with zero attached hydrogens (tertiary/aromatic N) is 1. The molecule has 0 fully saturated rings. The zero-order valence-electron chi connectivity index (χ0n) is 11.9. The van der Waals surface area contributed by atoms with E-state index in [1.165, 1.54) is 0 Å². The standard InChI is InChI=1S/C15H20N2O2S/c1-3-12(2)11-20(19)9-8-15(18)17-14-6-4-13(10-16)5-7-14/h4-7,12H,3,8-9,11H2,1-2H3,(H,17,18). The van der Waals surface area contributed by atoms with E-state index in [9.17, 15) is 9.00 Å². The van der Waals surface area contributed by atoms with E-state index in [0.29, 0.717) is 28.7 Å². The van der Waals surface area contributed by atoms with Crippen molar-refractivity contribution in [1.82, 2.24) is 0 Å². The first-order valence-corrected chi connectivity index (χ1v) is 8.19. The SMILES string of the molecule is CCC(C)CS(=O)CCC(=O)Nc1ccc(C#N)cc1. The number of carbonyl (C=O) groups is 1. The van der Waals surface area contributed by atoms with Gasteiger partial charge in [0.25, 0.3) is 0 Å². The first kappa shape index (κ1) is 16.4. The van der Waals surface area contributed by atoms with Crippen LogP contribution >= 0.6 is 0 Å². The van der Waals surface area contributed by atoms with Gasteiger partial charge in [0.1, 0.15) is 0 Å². The predicted octanol–water partition coefficient (Wildman–Crippen LogP) is 2.68. The fourth-order valence-electron chi connectivity index (χ4n) is 1.58. The smallest absolute Gasteiger partial charge is 0.225 e. The summed E-state index contributed by atoms with van der Waals surface area (Å²) >= 11 is 0. The third-order valence-corrected chi connectivity index (χ3v) is 4.62.